The summed E-state index contributed by atoms with van der Waals surface area (Å²) in [6.07, 6.45) is -0.746. The molecule has 0 saturated carbocycles. The quantitative estimate of drug-likeness (QED) is 0.572. The molecule has 0 saturated heterocycles. The number of anilines is 1. The lowest BCUT2D eigenvalue weighted by Gasteiger charge is -2.08. The number of ether oxygens (including phenoxy) is 1. The highest BCUT2D eigenvalue weighted by molar-refractivity contribution is 5.95. The van der Waals surface area contributed by atoms with Gasteiger partial charge in [0.15, 0.2) is 5.78 Å². The van der Waals surface area contributed by atoms with Crippen LogP contribution in [0.4, 0.5) is 15.3 Å². The summed E-state index contributed by atoms with van der Waals surface area (Å²) >= 11 is 0. The summed E-state index contributed by atoms with van der Waals surface area (Å²) in [5.41, 5.74) is 5.21. The fourth-order valence-corrected chi connectivity index (χ4v) is 1.23. The zero-order valence-corrected chi connectivity index (χ0v) is 10.6. The summed E-state index contributed by atoms with van der Waals surface area (Å²) in [6, 6.07) is 5.73. The topological polar surface area (TPSA) is 96.5 Å². The molecule has 0 aliphatic carbocycles. The van der Waals surface area contributed by atoms with Crippen LogP contribution in [0.25, 0.3) is 0 Å². The van der Waals surface area contributed by atoms with Gasteiger partial charge in [-0.3, -0.25) is 4.79 Å². The Kier molecular flexibility index (Phi) is 5.34. The Balaban J connectivity index is 2.44. The van der Waals surface area contributed by atoms with Crippen molar-refractivity contribution in [3.05, 3.63) is 29.8 Å². The minimum absolute atomic E-state index is 0.0556. The van der Waals surface area contributed by atoms with E-state index in [9.17, 15) is 14.4 Å². The molecule has 3 N–H and O–H groups in total. The number of Topliss-reactive ketones (excluding diaryl/α,β-unsaturated/α-hetero) is 1. The molecule has 0 unspecified atom stereocenters. The summed E-state index contributed by atoms with van der Waals surface area (Å²) in [6.45, 7) is 3.32. The molecular formula is C12H15N3O4. The number of benzene rings is 1. The number of amides is 3. The zero-order chi connectivity index (χ0) is 14.3. The number of carbonyl (C=O) groups is 3. The molecule has 0 spiro atoms. The molecule has 7 nitrogen and oxygen atoms in total. The van der Waals surface area contributed by atoms with Crippen molar-refractivity contribution < 1.29 is 19.1 Å². The highest BCUT2D eigenvalue weighted by atomic mass is 16.6. The summed E-state index contributed by atoms with van der Waals surface area (Å²) in [5.74, 6) is -0.0556. The molecule has 7 heteroatoms. The number of hydrazine groups is 1. The summed E-state index contributed by atoms with van der Waals surface area (Å²) in [4.78, 5) is 33.3. The fourth-order valence-electron chi connectivity index (χ4n) is 1.23. The van der Waals surface area contributed by atoms with E-state index in [1.54, 1.807) is 31.2 Å². The van der Waals surface area contributed by atoms with Crippen LogP contribution >= 0.6 is 0 Å². The first kappa shape index (κ1) is 14.5. The van der Waals surface area contributed by atoms with Gasteiger partial charge in [-0.15, -0.1) is 0 Å². The van der Waals surface area contributed by atoms with E-state index in [-0.39, 0.29) is 12.4 Å². The van der Waals surface area contributed by atoms with Crippen LogP contribution in [0.15, 0.2) is 24.3 Å². The van der Waals surface area contributed by atoms with Crippen LogP contribution in [0.5, 0.6) is 0 Å². The maximum atomic E-state index is 11.4. The van der Waals surface area contributed by atoms with Gasteiger partial charge in [0.25, 0.3) is 0 Å². The Bertz CT molecular complexity index is 470. The van der Waals surface area contributed by atoms with Gasteiger partial charge in [-0.05, 0) is 38.1 Å². The zero-order valence-electron chi connectivity index (χ0n) is 10.6. The Labute approximate surface area is 110 Å². The van der Waals surface area contributed by atoms with Crippen LogP contribution in [-0.2, 0) is 4.74 Å². The predicted octanol–water partition coefficient (Wildman–Crippen LogP) is 1.67. The molecule has 0 heterocycles. The monoisotopic (exact) mass is 265 g/mol. The van der Waals surface area contributed by atoms with E-state index in [1.807, 2.05) is 0 Å². The van der Waals surface area contributed by atoms with Gasteiger partial charge in [0, 0.05) is 11.3 Å². The van der Waals surface area contributed by atoms with Crippen molar-refractivity contribution in [1.82, 2.24) is 10.9 Å². The maximum absolute atomic E-state index is 11.4. The highest BCUT2D eigenvalue weighted by Crippen LogP contribution is 2.09. The summed E-state index contributed by atoms with van der Waals surface area (Å²) in [5, 5.41) is 2.47. The molecule has 0 bridgehead atoms. The van der Waals surface area contributed by atoms with E-state index in [4.69, 9.17) is 0 Å². The summed E-state index contributed by atoms with van der Waals surface area (Å²) < 4.78 is 4.55. The molecule has 1 aromatic carbocycles. The number of ketones is 1. The molecular weight excluding hydrogens is 250 g/mol. The predicted molar refractivity (Wildman–Crippen MR) is 68.8 cm³/mol. The highest BCUT2D eigenvalue weighted by Gasteiger charge is 2.05. The van der Waals surface area contributed by atoms with Crippen LogP contribution in [0, 0.1) is 0 Å². The van der Waals surface area contributed by atoms with Crippen molar-refractivity contribution in [2.24, 2.45) is 0 Å². The van der Waals surface area contributed by atoms with Gasteiger partial charge in [0.1, 0.15) is 0 Å². The number of hydrogen-bond donors (Lipinski definition) is 3. The van der Waals surface area contributed by atoms with Crippen molar-refractivity contribution in [2.45, 2.75) is 13.8 Å². The largest absolute Gasteiger partial charge is 0.449 e. The first-order valence-electron chi connectivity index (χ1n) is 5.63. The lowest BCUT2D eigenvalue weighted by atomic mass is 10.1. The molecule has 0 atom stereocenters. The molecule has 0 aliphatic rings. The van der Waals surface area contributed by atoms with Crippen LogP contribution in [0.3, 0.4) is 0 Å². The van der Waals surface area contributed by atoms with Gasteiger partial charge >= 0.3 is 12.1 Å². The van der Waals surface area contributed by atoms with Crippen molar-refractivity contribution >= 4 is 23.6 Å². The number of nitrogens with one attached hydrogen (secondary N) is 3. The third kappa shape index (κ3) is 5.07. The van der Waals surface area contributed by atoms with E-state index in [2.05, 4.69) is 20.9 Å². The first-order valence-corrected chi connectivity index (χ1v) is 5.63. The second-order valence-electron chi connectivity index (χ2n) is 3.56. The lowest BCUT2D eigenvalue weighted by molar-refractivity contribution is 0.101. The minimum Gasteiger partial charge on any atom is -0.449 e. The molecule has 102 valence electrons. The molecule has 1 aromatic rings. The van der Waals surface area contributed by atoms with Crippen LogP contribution < -0.4 is 16.2 Å². The Hall–Kier alpha value is -2.57. The standard InChI is InChI=1S/C12H15N3O4/c1-3-19-12(18)15-14-11(17)13-10-6-4-9(5-7-10)8(2)16/h4-7H,3H2,1-2H3,(H,15,18)(H2,13,14,17). The van der Waals surface area contributed by atoms with Gasteiger partial charge in [-0.1, -0.05) is 0 Å². The van der Waals surface area contributed by atoms with E-state index >= 15 is 0 Å². The lowest BCUT2D eigenvalue weighted by Crippen LogP contribution is -2.44. The van der Waals surface area contributed by atoms with Crippen molar-refractivity contribution in [3.8, 4) is 0 Å². The minimum atomic E-state index is -0.746. The number of carbonyl (C=O) groups excluding carboxylic acids is 3. The Morgan fingerprint density at radius 3 is 2.26 bits per heavy atom. The molecule has 1 rings (SSSR count). The van der Waals surface area contributed by atoms with Crippen LogP contribution in [0.1, 0.15) is 24.2 Å². The third-order valence-corrected chi connectivity index (χ3v) is 2.10. The second-order valence-corrected chi connectivity index (χ2v) is 3.56. The summed E-state index contributed by atoms with van der Waals surface area (Å²) in [7, 11) is 0. The van der Waals surface area contributed by atoms with Gasteiger partial charge in [-0.2, -0.15) is 0 Å². The number of urea groups is 1. The average molecular weight is 265 g/mol. The van der Waals surface area contributed by atoms with Gasteiger partial charge in [0.05, 0.1) is 6.61 Å². The number of hydrogen-bond acceptors (Lipinski definition) is 4. The second kappa shape index (κ2) is 7.00. The van der Waals surface area contributed by atoms with Gasteiger partial charge in [-0.25, -0.2) is 20.4 Å². The van der Waals surface area contributed by atoms with Crippen molar-refractivity contribution in [3.63, 3.8) is 0 Å². The third-order valence-electron chi connectivity index (χ3n) is 2.10. The smallest absolute Gasteiger partial charge is 0.426 e. The Morgan fingerprint density at radius 2 is 1.74 bits per heavy atom. The normalized spacial score (nSPS) is 9.37. The average Bonchev–Trinajstić information content (AvgIpc) is 2.37. The van der Waals surface area contributed by atoms with Gasteiger partial charge in [0.2, 0.25) is 0 Å². The fraction of sp³-hybridized carbons (Fsp3) is 0.250. The molecule has 0 radical (unpaired) electrons. The molecule has 3 amide bonds. The van der Waals surface area contributed by atoms with E-state index in [1.165, 1.54) is 6.92 Å². The first-order chi connectivity index (χ1) is 9.02. The van der Waals surface area contributed by atoms with E-state index < -0.39 is 12.1 Å². The van der Waals surface area contributed by atoms with Crippen molar-refractivity contribution in [2.75, 3.05) is 11.9 Å². The van der Waals surface area contributed by atoms with Crippen LogP contribution in [-0.4, -0.2) is 24.5 Å². The molecule has 0 fully saturated rings. The SMILES string of the molecule is CCOC(=O)NNC(=O)Nc1ccc(C(C)=O)cc1. The molecule has 0 aromatic heterocycles. The Morgan fingerprint density at radius 1 is 1.11 bits per heavy atom. The molecule has 19 heavy (non-hydrogen) atoms. The van der Waals surface area contributed by atoms with Crippen molar-refractivity contribution in [1.29, 1.82) is 0 Å². The van der Waals surface area contributed by atoms with E-state index in [0.29, 0.717) is 11.3 Å². The van der Waals surface area contributed by atoms with Crippen LogP contribution in [0.2, 0.25) is 0 Å². The maximum Gasteiger partial charge on any atom is 0.426 e. The number of rotatable bonds is 3. The molecule has 0 aliphatic heterocycles. The van der Waals surface area contributed by atoms with Gasteiger partial charge < -0.3 is 10.1 Å². The van der Waals surface area contributed by atoms with E-state index in [0.717, 1.165) is 0 Å².